The highest BCUT2D eigenvalue weighted by molar-refractivity contribution is 5.24. The molecule has 0 N–H and O–H groups in total. The first-order valence-electron chi connectivity index (χ1n) is 10.2. The Balaban J connectivity index is 1.97. The Labute approximate surface area is 136 Å². The lowest BCUT2D eigenvalue weighted by Crippen LogP contribution is -2.30. The van der Waals surface area contributed by atoms with Gasteiger partial charge in [0.05, 0.1) is 0 Å². The molecule has 2 fully saturated rings. The van der Waals surface area contributed by atoms with E-state index in [4.69, 9.17) is 5.48 Å². The smallest absolute Gasteiger partial charge is 0.194 e. The molecule has 2 aliphatic carbocycles. The maximum absolute atomic E-state index is 13.7. The van der Waals surface area contributed by atoms with Gasteiger partial charge >= 0.3 is 0 Å². The fourth-order valence-corrected chi connectivity index (χ4v) is 3.97. The zero-order chi connectivity index (χ0) is 19.3. The molecule has 2 aliphatic rings. The highest BCUT2D eigenvalue weighted by Gasteiger charge is 2.36. The van der Waals surface area contributed by atoms with E-state index in [1.165, 1.54) is 0 Å². The Morgan fingerprint density at radius 3 is 2.50 bits per heavy atom. The van der Waals surface area contributed by atoms with Gasteiger partial charge in [-0.3, -0.25) is 0 Å². The van der Waals surface area contributed by atoms with E-state index in [1.807, 2.05) is 0 Å². The molecule has 0 saturated heterocycles. The normalized spacial score (nSPS) is 39.1. The first-order valence-corrected chi connectivity index (χ1v) is 8.22. The van der Waals surface area contributed by atoms with Crippen LogP contribution in [0.25, 0.3) is 0 Å². The molecule has 0 heterocycles. The predicted molar refractivity (Wildman–Crippen MR) is 82.1 cm³/mol. The number of fused-ring (bicyclic) bond motifs is 1. The number of halogens is 3. The first kappa shape index (κ1) is 11.5. The van der Waals surface area contributed by atoms with Crippen molar-refractivity contribution in [2.75, 3.05) is 0 Å². The van der Waals surface area contributed by atoms with E-state index in [0.29, 0.717) is 12.3 Å². The third-order valence-corrected chi connectivity index (χ3v) is 5.09. The van der Waals surface area contributed by atoms with Crippen LogP contribution < -0.4 is 0 Å². The van der Waals surface area contributed by atoms with Gasteiger partial charge in [-0.25, -0.2) is 13.2 Å². The topological polar surface area (TPSA) is 0 Å². The maximum atomic E-state index is 13.7. The standard InChI is InChI=1S/C19H25F3/c1-2-3-12-4-5-14-9-15(7-6-13(14)8-12)16-10-17(20)19(22)18(21)11-16/h10-15H,2-9H2,1H3/i7D2,9D2. The lowest BCUT2D eigenvalue weighted by Gasteiger charge is -2.42. The van der Waals surface area contributed by atoms with Crippen molar-refractivity contribution in [3.05, 3.63) is 35.1 Å². The van der Waals surface area contributed by atoms with E-state index >= 15 is 0 Å². The van der Waals surface area contributed by atoms with Gasteiger partial charge in [-0.2, -0.15) is 0 Å². The van der Waals surface area contributed by atoms with Gasteiger partial charge in [0, 0.05) is 5.48 Å². The molecule has 0 amide bonds. The molecule has 0 nitrogen and oxygen atoms in total. The summed E-state index contributed by atoms with van der Waals surface area (Å²) in [6.45, 7) is 2.11. The Kier molecular flexibility index (Phi) is 3.48. The summed E-state index contributed by atoms with van der Waals surface area (Å²) in [5.41, 5.74) is -0.134. The van der Waals surface area contributed by atoms with E-state index in [0.717, 1.165) is 37.8 Å². The van der Waals surface area contributed by atoms with Crippen LogP contribution in [0.4, 0.5) is 13.2 Å². The van der Waals surface area contributed by atoms with E-state index in [1.54, 1.807) is 0 Å². The summed E-state index contributed by atoms with van der Waals surface area (Å²) in [5.74, 6) is -5.66. The Bertz CT molecular complexity index is 654. The average Bonchev–Trinajstić information content (AvgIpc) is 2.51. The second-order valence-electron chi connectivity index (χ2n) is 6.64. The molecule has 0 bridgehead atoms. The van der Waals surface area contributed by atoms with Gasteiger partial charge in [0.25, 0.3) is 0 Å². The molecule has 0 aliphatic heterocycles. The summed E-state index contributed by atoms with van der Waals surface area (Å²) >= 11 is 0. The molecule has 0 aromatic heterocycles. The summed E-state index contributed by atoms with van der Waals surface area (Å²) in [4.78, 5) is 0. The lowest BCUT2D eigenvalue weighted by molar-refractivity contribution is 0.114. The van der Waals surface area contributed by atoms with Crippen LogP contribution >= 0.6 is 0 Å². The van der Waals surface area contributed by atoms with E-state index < -0.39 is 36.1 Å². The molecular weight excluding hydrogens is 285 g/mol. The summed E-state index contributed by atoms with van der Waals surface area (Å²) in [6, 6.07) is 1.50. The van der Waals surface area contributed by atoms with Gasteiger partial charge in [0.15, 0.2) is 17.5 Å². The summed E-state index contributed by atoms with van der Waals surface area (Å²) in [7, 11) is 0. The van der Waals surface area contributed by atoms with Gasteiger partial charge < -0.3 is 0 Å². The van der Waals surface area contributed by atoms with Gasteiger partial charge in [0.1, 0.15) is 0 Å². The van der Waals surface area contributed by atoms with Crippen molar-refractivity contribution < 1.29 is 18.7 Å². The van der Waals surface area contributed by atoms with Crippen molar-refractivity contribution in [3.8, 4) is 0 Å². The minimum absolute atomic E-state index is 0.0725. The quantitative estimate of drug-likeness (QED) is 0.582. The molecule has 1 aromatic carbocycles. The highest BCUT2D eigenvalue weighted by atomic mass is 19.2. The van der Waals surface area contributed by atoms with Gasteiger partial charge in [-0.15, -0.1) is 0 Å². The largest absolute Gasteiger partial charge is 0.204 e. The molecule has 122 valence electrons. The van der Waals surface area contributed by atoms with Crippen molar-refractivity contribution >= 4 is 0 Å². The summed E-state index contributed by atoms with van der Waals surface area (Å²) in [6.07, 6.45) is 0.748. The maximum Gasteiger partial charge on any atom is 0.194 e. The zero-order valence-corrected chi connectivity index (χ0v) is 12.8. The summed E-state index contributed by atoms with van der Waals surface area (Å²) < 4.78 is 74.9. The van der Waals surface area contributed by atoms with Crippen LogP contribution in [0.2, 0.25) is 0 Å². The first-order chi connectivity index (χ1) is 12.1. The van der Waals surface area contributed by atoms with Crippen molar-refractivity contribution in [1.82, 2.24) is 0 Å². The van der Waals surface area contributed by atoms with Gasteiger partial charge in [0.2, 0.25) is 0 Å². The molecule has 3 heteroatoms. The molecule has 22 heavy (non-hydrogen) atoms. The Hall–Kier alpha value is -0.990. The van der Waals surface area contributed by atoms with E-state index in [-0.39, 0.29) is 23.8 Å². The lowest BCUT2D eigenvalue weighted by atomic mass is 9.63. The SMILES string of the molecule is [2H]C1([2H])CC2CC(CCC)CCC2C([2H])([2H])C1c1cc(F)c(F)c(F)c1. The number of benzene rings is 1. The monoisotopic (exact) mass is 314 g/mol. The number of rotatable bonds is 3. The van der Waals surface area contributed by atoms with Crippen molar-refractivity contribution in [3.63, 3.8) is 0 Å². The zero-order valence-electron chi connectivity index (χ0n) is 16.8. The van der Waals surface area contributed by atoms with Crippen LogP contribution in [0.1, 0.15) is 75.2 Å². The molecular formula is C19H25F3. The number of hydrogen-bond donors (Lipinski definition) is 0. The molecule has 4 unspecified atom stereocenters. The van der Waals surface area contributed by atoms with Crippen molar-refractivity contribution in [1.29, 1.82) is 0 Å². The Morgan fingerprint density at radius 1 is 1.09 bits per heavy atom. The van der Waals surface area contributed by atoms with Gasteiger partial charge in [-0.1, -0.05) is 26.2 Å². The van der Waals surface area contributed by atoms with Crippen LogP contribution in [-0.4, -0.2) is 0 Å². The van der Waals surface area contributed by atoms with Gasteiger partial charge in [-0.05, 0) is 73.4 Å². The van der Waals surface area contributed by atoms with Crippen molar-refractivity contribution in [2.45, 2.75) is 64.1 Å². The highest BCUT2D eigenvalue weighted by Crippen LogP contribution is 2.48. The van der Waals surface area contributed by atoms with E-state index in [2.05, 4.69) is 6.92 Å². The fourth-order valence-electron chi connectivity index (χ4n) is 3.97. The Morgan fingerprint density at radius 2 is 1.82 bits per heavy atom. The van der Waals surface area contributed by atoms with Crippen LogP contribution in [-0.2, 0) is 0 Å². The van der Waals surface area contributed by atoms with Crippen LogP contribution in [0, 0.1) is 35.2 Å². The second-order valence-corrected chi connectivity index (χ2v) is 6.64. The molecule has 0 spiro atoms. The minimum Gasteiger partial charge on any atom is -0.204 e. The molecule has 1 aromatic rings. The van der Waals surface area contributed by atoms with Crippen LogP contribution in [0.5, 0.6) is 0 Å². The predicted octanol–water partition coefficient (Wildman–Crippen LogP) is 6.20. The molecule has 4 atom stereocenters. The van der Waals surface area contributed by atoms with Crippen LogP contribution in [0.3, 0.4) is 0 Å². The van der Waals surface area contributed by atoms with E-state index in [9.17, 15) is 13.2 Å². The second kappa shape index (κ2) is 6.64. The molecule has 0 radical (unpaired) electrons. The third kappa shape index (κ3) is 3.18. The average molecular weight is 314 g/mol. The number of hydrogen-bond acceptors (Lipinski definition) is 0. The summed E-state index contributed by atoms with van der Waals surface area (Å²) in [5, 5.41) is 0. The van der Waals surface area contributed by atoms with Crippen LogP contribution in [0.15, 0.2) is 12.1 Å². The van der Waals surface area contributed by atoms with Crippen molar-refractivity contribution in [2.24, 2.45) is 17.8 Å². The third-order valence-electron chi connectivity index (χ3n) is 5.09. The fraction of sp³-hybridized carbons (Fsp3) is 0.684. The molecule has 3 rings (SSSR count). The molecule has 2 saturated carbocycles. The minimum atomic E-state index is -1.95.